The van der Waals surface area contributed by atoms with Gasteiger partial charge in [0.15, 0.2) is 5.75 Å². The number of nitrogens with zero attached hydrogens (tertiary/aromatic N) is 4. The maximum Gasteiger partial charge on any atom is 0.291 e. The minimum atomic E-state index is -3.12. The average Bonchev–Trinajstić information content (AvgIpc) is 3.32. The van der Waals surface area contributed by atoms with Crippen molar-refractivity contribution in [3.63, 3.8) is 0 Å². The molecule has 1 spiro atoms. The number of amides is 1. The first-order valence-electron chi connectivity index (χ1n) is 8.08. The smallest absolute Gasteiger partial charge is 0.291 e. The zero-order chi connectivity index (χ0) is 16.9. The molecule has 1 amide bonds. The summed E-state index contributed by atoms with van der Waals surface area (Å²) in [6, 6.07) is 0. The summed E-state index contributed by atoms with van der Waals surface area (Å²) in [5.41, 5.74) is -0.0932. The molecule has 1 saturated carbocycles. The standard InChI is InChI=1S/C15H20N4O4S/c1-23-11-6-16-13(17-7-11)14(20)18-8-15(9-18)4-5-19(10-15)24(21,22)12-2-3-12/h6-7,12H,2-5,8-10H2,1H3. The van der Waals surface area contributed by atoms with Crippen molar-refractivity contribution < 1.29 is 17.9 Å². The Morgan fingerprint density at radius 3 is 2.50 bits per heavy atom. The van der Waals surface area contributed by atoms with E-state index in [4.69, 9.17) is 4.74 Å². The summed E-state index contributed by atoms with van der Waals surface area (Å²) in [6.07, 6.45) is 5.31. The van der Waals surface area contributed by atoms with Crippen molar-refractivity contribution in [2.45, 2.75) is 24.5 Å². The lowest BCUT2D eigenvalue weighted by Crippen LogP contribution is -2.59. The summed E-state index contributed by atoms with van der Waals surface area (Å²) in [5.74, 6) is 0.432. The van der Waals surface area contributed by atoms with Crippen LogP contribution < -0.4 is 4.74 Å². The van der Waals surface area contributed by atoms with E-state index in [1.54, 1.807) is 9.21 Å². The van der Waals surface area contributed by atoms with Gasteiger partial charge in [0.1, 0.15) is 0 Å². The van der Waals surface area contributed by atoms with Crippen molar-refractivity contribution in [2.24, 2.45) is 5.41 Å². The Hall–Kier alpha value is -1.74. The van der Waals surface area contributed by atoms with Gasteiger partial charge in [0, 0.05) is 31.6 Å². The summed E-state index contributed by atoms with van der Waals surface area (Å²) in [5, 5.41) is -0.168. The quantitative estimate of drug-likeness (QED) is 0.764. The van der Waals surface area contributed by atoms with Crippen LogP contribution in [0.4, 0.5) is 0 Å². The highest BCUT2D eigenvalue weighted by Gasteiger charge is 2.53. The van der Waals surface area contributed by atoms with Gasteiger partial charge in [-0.2, -0.15) is 0 Å². The molecule has 1 aliphatic carbocycles. The molecule has 8 nitrogen and oxygen atoms in total. The van der Waals surface area contributed by atoms with E-state index in [0.717, 1.165) is 19.3 Å². The molecule has 2 saturated heterocycles. The first-order valence-corrected chi connectivity index (χ1v) is 9.58. The van der Waals surface area contributed by atoms with E-state index in [1.165, 1.54) is 19.5 Å². The van der Waals surface area contributed by atoms with Crippen molar-refractivity contribution in [3.8, 4) is 5.75 Å². The van der Waals surface area contributed by atoms with E-state index in [0.29, 0.717) is 31.9 Å². The number of hydrogen-bond acceptors (Lipinski definition) is 6. The van der Waals surface area contributed by atoms with Crippen LogP contribution in [0.15, 0.2) is 12.4 Å². The van der Waals surface area contributed by atoms with Crippen molar-refractivity contribution in [1.82, 2.24) is 19.2 Å². The number of methoxy groups -OCH3 is 1. The number of aromatic nitrogens is 2. The third kappa shape index (κ3) is 2.55. The average molecular weight is 352 g/mol. The second kappa shape index (κ2) is 5.38. The molecule has 2 aliphatic heterocycles. The Balaban J connectivity index is 1.38. The van der Waals surface area contributed by atoms with Crippen LogP contribution in [0.5, 0.6) is 5.75 Å². The molecule has 3 heterocycles. The molecule has 3 fully saturated rings. The highest BCUT2D eigenvalue weighted by atomic mass is 32.2. The summed E-state index contributed by atoms with van der Waals surface area (Å²) < 4.78 is 31.3. The van der Waals surface area contributed by atoms with Crippen LogP contribution in [0.1, 0.15) is 29.9 Å². The van der Waals surface area contributed by atoms with Gasteiger partial charge in [0.25, 0.3) is 5.91 Å². The van der Waals surface area contributed by atoms with E-state index in [1.807, 2.05) is 0 Å². The van der Waals surface area contributed by atoms with Crippen LogP contribution in [0.25, 0.3) is 0 Å². The van der Waals surface area contributed by atoms with Gasteiger partial charge in [-0.25, -0.2) is 22.7 Å². The van der Waals surface area contributed by atoms with Gasteiger partial charge in [-0.3, -0.25) is 4.79 Å². The van der Waals surface area contributed by atoms with Gasteiger partial charge in [-0.1, -0.05) is 0 Å². The van der Waals surface area contributed by atoms with Crippen LogP contribution in [0.2, 0.25) is 0 Å². The molecule has 24 heavy (non-hydrogen) atoms. The lowest BCUT2D eigenvalue weighted by molar-refractivity contribution is 0.0126. The van der Waals surface area contributed by atoms with Crippen molar-refractivity contribution in [1.29, 1.82) is 0 Å². The molecule has 4 rings (SSSR count). The molecular weight excluding hydrogens is 332 g/mol. The topological polar surface area (TPSA) is 92.7 Å². The Morgan fingerprint density at radius 1 is 1.25 bits per heavy atom. The number of sulfonamides is 1. The zero-order valence-corrected chi connectivity index (χ0v) is 14.3. The molecule has 0 aromatic carbocycles. The van der Waals surface area contributed by atoms with Gasteiger partial charge in [-0.15, -0.1) is 0 Å². The fourth-order valence-electron chi connectivity index (χ4n) is 3.53. The molecule has 9 heteroatoms. The van der Waals surface area contributed by atoms with Crippen LogP contribution in [-0.4, -0.2) is 72.0 Å². The first-order chi connectivity index (χ1) is 11.4. The highest BCUT2D eigenvalue weighted by molar-refractivity contribution is 7.90. The summed E-state index contributed by atoms with van der Waals surface area (Å²) in [6.45, 7) is 2.23. The summed E-state index contributed by atoms with van der Waals surface area (Å²) in [4.78, 5) is 22.1. The molecule has 1 aromatic rings. The van der Waals surface area contributed by atoms with Gasteiger partial charge >= 0.3 is 0 Å². The summed E-state index contributed by atoms with van der Waals surface area (Å²) in [7, 11) is -1.60. The van der Waals surface area contributed by atoms with Crippen molar-refractivity contribution in [2.75, 3.05) is 33.3 Å². The SMILES string of the molecule is COc1cnc(C(=O)N2CC3(CCN(S(=O)(=O)C4CC4)C3)C2)nc1. The normalized spacial score (nSPS) is 23.3. The second-order valence-corrected chi connectivity index (χ2v) is 9.15. The maximum absolute atomic E-state index is 12.4. The molecule has 0 bridgehead atoms. The minimum absolute atomic E-state index is 0.0932. The summed E-state index contributed by atoms with van der Waals surface area (Å²) >= 11 is 0. The molecular formula is C15H20N4O4S. The predicted molar refractivity (Wildman–Crippen MR) is 85.1 cm³/mol. The van der Waals surface area contributed by atoms with E-state index >= 15 is 0 Å². The van der Waals surface area contributed by atoms with E-state index in [2.05, 4.69) is 9.97 Å². The van der Waals surface area contributed by atoms with Gasteiger partial charge < -0.3 is 9.64 Å². The zero-order valence-electron chi connectivity index (χ0n) is 13.5. The monoisotopic (exact) mass is 352 g/mol. The molecule has 130 valence electrons. The Morgan fingerprint density at radius 2 is 1.92 bits per heavy atom. The number of likely N-dealkylation sites (tertiary alicyclic amines) is 1. The van der Waals surface area contributed by atoms with Crippen LogP contribution >= 0.6 is 0 Å². The first kappa shape index (κ1) is 15.8. The second-order valence-electron chi connectivity index (χ2n) is 6.94. The lowest BCUT2D eigenvalue weighted by Gasteiger charge is -2.47. The number of carbonyl (C=O) groups is 1. The third-order valence-corrected chi connectivity index (χ3v) is 7.45. The number of hydrogen-bond donors (Lipinski definition) is 0. The van der Waals surface area contributed by atoms with Crippen LogP contribution in [0, 0.1) is 5.41 Å². The third-order valence-electron chi connectivity index (χ3n) is 5.10. The number of carbonyl (C=O) groups excluding carboxylic acids is 1. The molecule has 0 atom stereocenters. The molecule has 0 N–H and O–H groups in total. The maximum atomic E-state index is 12.4. The Bertz CT molecular complexity index is 754. The minimum Gasteiger partial charge on any atom is -0.494 e. The molecule has 1 aromatic heterocycles. The molecule has 0 radical (unpaired) electrons. The highest BCUT2D eigenvalue weighted by Crippen LogP contribution is 2.43. The number of ether oxygens (including phenoxy) is 1. The van der Waals surface area contributed by atoms with Crippen molar-refractivity contribution in [3.05, 3.63) is 18.2 Å². The molecule has 3 aliphatic rings. The Labute approximate surface area is 140 Å². The van der Waals surface area contributed by atoms with Crippen molar-refractivity contribution >= 4 is 15.9 Å². The van der Waals surface area contributed by atoms with Gasteiger partial charge in [0.05, 0.1) is 24.8 Å². The molecule has 0 unspecified atom stereocenters. The van der Waals surface area contributed by atoms with Gasteiger partial charge in [0.2, 0.25) is 15.8 Å². The van der Waals surface area contributed by atoms with Crippen LogP contribution in [-0.2, 0) is 10.0 Å². The fourth-order valence-corrected chi connectivity index (χ4v) is 5.48. The largest absolute Gasteiger partial charge is 0.494 e. The van der Waals surface area contributed by atoms with E-state index in [9.17, 15) is 13.2 Å². The predicted octanol–water partition coefficient (Wildman–Crippen LogP) is 0.125. The van der Waals surface area contributed by atoms with Gasteiger partial charge in [-0.05, 0) is 19.3 Å². The number of rotatable bonds is 4. The van der Waals surface area contributed by atoms with Crippen LogP contribution in [0.3, 0.4) is 0 Å². The Kier molecular flexibility index (Phi) is 3.54. The van der Waals surface area contributed by atoms with E-state index in [-0.39, 0.29) is 22.4 Å². The van der Waals surface area contributed by atoms with E-state index < -0.39 is 10.0 Å². The fraction of sp³-hybridized carbons (Fsp3) is 0.667. The lowest BCUT2D eigenvalue weighted by atomic mass is 9.79.